The van der Waals surface area contributed by atoms with Crippen molar-refractivity contribution in [3.05, 3.63) is 34.0 Å². The SMILES string of the molecule is CCNC(=NCCCc1nc(C)cs1)N1CCOC(c2cnn(C)c2)C1.I. The summed E-state index contributed by atoms with van der Waals surface area (Å²) in [7, 11) is 1.93. The van der Waals surface area contributed by atoms with E-state index in [1.165, 1.54) is 5.01 Å². The van der Waals surface area contributed by atoms with E-state index >= 15 is 0 Å². The summed E-state index contributed by atoms with van der Waals surface area (Å²) in [6.45, 7) is 8.15. The second-order valence-corrected chi connectivity index (χ2v) is 7.42. The lowest BCUT2D eigenvalue weighted by Crippen LogP contribution is -2.48. The molecule has 2 aromatic rings. The zero-order chi connectivity index (χ0) is 18.4. The Balaban J connectivity index is 0.00000261. The molecule has 0 saturated carbocycles. The normalized spacial score (nSPS) is 17.7. The lowest BCUT2D eigenvalue weighted by Gasteiger charge is -2.34. The second kappa shape index (κ2) is 11.0. The first-order valence-corrected chi connectivity index (χ1v) is 10.1. The average Bonchev–Trinajstić information content (AvgIpc) is 3.26. The molecule has 3 heterocycles. The van der Waals surface area contributed by atoms with Gasteiger partial charge in [-0.3, -0.25) is 9.67 Å². The van der Waals surface area contributed by atoms with Gasteiger partial charge in [0.2, 0.25) is 0 Å². The van der Waals surface area contributed by atoms with Crippen molar-refractivity contribution in [3.8, 4) is 0 Å². The third kappa shape index (κ3) is 6.42. The van der Waals surface area contributed by atoms with Crippen LogP contribution in [0.4, 0.5) is 0 Å². The van der Waals surface area contributed by atoms with Gasteiger partial charge in [0.25, 0.3) is 0 Å². The van der Waals surface area contributed by atoms with Crippen LogP contribution in [0.1, 0.15) is 35.7 Å². The fourth-order valence-corrected chi connectivity index (χ4v) is 3.83. The first kappa shape index (κ1) is 22.1. The van der Waals surface area contributed by atoms with Crippen LogP contribution in [0.25, 0.3) is 0 Å². The van der Waals surface area contributed by atoms with Crippen molar-refractivity contribution in [2.75, 3.05) is 32.8 Å². The minimum Gasteiger partial charge on any atom is -0.370 e. The van der Waals surface area contributed by atoms with Crippen molar-refractivity contribution in [1.82, 2.24) is 25.0 Å². The number of ether oxygens (including phenoxy) is 1. The number of aromatic nitrogens is 3. The smallest absolute Gasteiger partial charge is 0.194 e. The zero-order valence-corrected chi connectivity index (χ0v) is 19.4. The molecular formula is C18H29IN6OS. The van der Waals surface area contributed by atoms with E-state index in [4.69, 9.17) is 9.73 Å². The van der Waals surface area contributed by atoms with Crippen molar-refractivity contribution in [1.29, 1.82) is 0 Å². The first-order valence-electron chi connectivity index (χ1n) is 9.20. The molecule has 1 unspecified atom stereocenters. The van der Waals surface area contributed by atoms with E-state index in [1.807, 2.05) is 31.0 Å². The monoisotopic (exact) mass is 504 g/mol. The molecule has 3 rings (SSSR count). The number of halogens is 1. The Kier molecular flexibility index (Phi) is 8.97. The topological polar surface area (TPSA) is 67.6 Å². The van der Waals surface area contributed by atoms with E-state index in [1.54, 1.807) is 11.3 Å². The molecule has 1 fully saturated rings. The summed E-state index contributed by atoms with van der Waals surface area (Å²) in [4.78, 5) is 11.6. The van der Waals surface area contributed by atoms with Crippen LogP contribution in [0.3, 0.4) is 0 Å². The van der Waals surface area contributed by atoms with Crippen LogP contribution < -0.4 is 5.32 Å². The van der Waals surface area contributed by atoms with Crippen molar-refractivity contribution in [2.45, 2.75) is 32.8 Å². The Morgan fingerprint density at radius 1 is 1.48 bits per heavy atom. The summed E-state index contributed by atoms with van der Waals surface area (Å²) in [5.41, 5.74) is 2.23. The van der Waals surface area contributed by atoms with Gasteiger partial charge in [-0.15, -0.1) is 35.3 Å². The van der Waals surface area contributed by atoms with E-state index in [-0.39, 0.29) is 30.1 Å². The maximum Gasteiger partial charge on any atom is 0.194 e. The highest BCUT2D eigenvalue weighted by Gasteiger charge is 2.25. The Morgan fingerprint density at radius 3 is 3.00 bits per heavy atom. The van der Waals surface area contributed by atoms with Gasteiger partial charge in [-0.05, 0) is 20.3 Å². The first-order chi connectivity index (χ1) is 12.7. The summed E-state index contributed by atoms with van der Waals surface area (Å²) in [6.07, 6.45) is 5.95. The quantitative estimate of drug-likeness (QED) is 0.284. The average molecular weight is 504 g/mol. The molecule has 0 spiro atoms. The molecule has 1 aliphatic heterocycles. The van der Waals surface area contributed by atoms with Gasteiger partial charge in [0.15, 0.2) is 5.96 Å². The third-order valence-electron chi connectivity index (χ3n) is 4.27. The number of rotatable bonds is 6. The van der Waals surface area contributed by atoms with Crippen LogP contribution in [-0.4, -0.2) is 58.4 Å². The largest absolute Gasteiger partial charge is 0.370 e. The van der Waals surface area contributed by atoms with E-state index < -0.39 is 0 Å². The lowest BCUT2D eigenvalue weighted by atomic mass is 10.1. The van der Waals surface area contributed by atoms with E-state index in [0.717, 1.165) is 56.2 Å². The summed E-state index contributed by atoms with van der Waals surface area (Å²) >= 11 is 1.74. The molecule has 0 bridgehead atoms. The number of aryl methyl sites for hydroxylation is 3. The highest BCUT2D eigenvalue weighted by molar-refractivity contribution is 14.0. The number of aliphatic imine (C=N–C) groups is 1. The molecule has 9 heteroatoms. The van der Waals surface area contributed by atoms with Gasteiger partial charge in [-0.1, -0.05) is 0 Å². The molecule has 1 saturated heterocycles. The fraction of sp³-hybridized carbons (Fsp3) is 0.611. The standard InChI is InChI=1S/C18H28N6OS.HI/c1-4-19-18(20-7-5-6-17-22-14(2)13-26-17)24-8-9-25-16(12-24)15-10-21-23(3)11-15;/h10-11,13,16H,4-9,12H2,1-3H3,(H,19,20);1H. The number of hydrogen-bond acceptors (Lipinski definition) is 5. The van der Waals surface area contributed by atoms with Crippen molar-refractivity contribution in [2.24, 2.45) is 12.0 Å². The van der Waals surface area contributed by atoms with E-state index in [2.05, 4.69) is 32.6 Å². The molecule has 2 aromatic heterocycles. The number of nitrogens with one attached hydrogen (secondary N) is 1. The molecule has 0 aromatic carbocycles. The van der Waals surface area contributed by atoms with Crippen molar-refractivity contribution >= 4 is 41.3 Å². The van der Waals surface area contributed by atoms with Gasteiger partial charge < -0.3 is 15.0 Å². The molecular weight excluding hydrogens is 475 g/mol. The number of thiazole rings is 1. The van der Waals surface area contributed by atoms with Crippen molar-refractivity contribution in [3.63, 3.8) is 0 Å². The Labute approximate surface area is 182 Å². The van der Waals surface area contributed by atoms with Gasteiger partial charge in [0.05, 0.1) is 24.4 Å². The number of guanidine groups is 1. The Bertz CT molecular complexity index is 731. The van der Waals surface area contributed by atoms with Crippen LogP contribution in [0.5, 0.6) is 0 Å². The minimum atomic E-state index is 0. The number of nitrogens with zero attached hydrogens (tertiary/aromatic N) is 5. The van der Waals surface area contributed by atoms with Gasteiger partial charge in [0.1, 0.15) is 6.10 Å². The summed E-state index contributed by atoms with van der Waals surface area (Å²) in [5, 5.41) is 11.0. The van der Waals surface area contributed by atoms with E-state index in [9.17, 15) is 0 Å². The molecule has 1 atom stereocenters. The molecule has 27 heavy (non-hydrogen) atoms. The Hall–Kier alpha value is -1.20. The van der Waals surface area contributed by atoms with Crippen LogP contribution in [0.15, 0.2) is 22.8 Å². The fourth-order valence-electron chi connectivity index (χ4n) is 3.01. The number of morpholine rings is 1. The van der Waals surface area contributed by atoms with Gasteiger partial charge >= 0.3 is 0 Å². The van der Waals surface area contributed by atoms with Gasteiger partial charge in [-0.2, -0.15) is 5.10 Å². The molecule has 7 nitrogen and oxygen atoms in total. The zero-order valence-electron chi connectivity index (χ0n) is 16.2. The summed E-state index contributed by atoms with van der Waals surface area (Å²) in [5.74, 6) is 0.972. The lowest BCUT2D eigenvalue weighted by molar-refractivity contribution is -0.00804. The second-order valence-electron chi connectivity index (χ2n) is 6.47. The summed E-state index contributed by atoms with van der Waals surface area (Å²) < 4.78 is 7.75. The predicted molar refractivity (Wildman–Crippen MR) is 120 cm³/mol. The molecule has 0 amide bonds. The molecule has 0 radical (unpaired) electrons. The maximum atomic E-state index is 5.94. The molecule has 1 N–H and O–H groups in total. The minimum absolute atomic E-state index is 0. The molecule has 0 aliphatic carbocycles. The van der Waals surface area contributed by atoms with Crippen LogP contribution in [0.2, 0.25) is 0 Å². The molecule has 1 aliphatic rings. The Morgan fingerprint density at radius 2 is 2.33 bits per heavy atom. The predicted octanol–water partition coefficient (Wildman–Crippen LogP) is 2.77. The van der Waals surface area contributed by atoms with Crippen LogP contribution >= 0.6 is 35.3 Å². The third-order valence-corrected chi connectivity index (χ3v) is 5.30. The van der Waals surface area contributed by atoms with Gasteiger partial charge in [0, 0.05) is 55.9 Å². The highest BCUT2D eigenvalue weighted by atomic mass is 127. The van der Waals surface area contributed by atoms with E-state index in [0.29, 0.717) is 6.61 Å². The van der Waals surface area contributed by atoms with Crippen molar-refractivity contribution < 1.29 is 4.74 Å². The maximum absolute atomic E-state index is 5.94. The van der Waals surface area contributed by atoms with Crippen LogP contribution in [0, 0.1) is 6.92 Å². The van der Waals surface area contributed by atoms with Crippen LogP contribution in [-0.2, 0) is 18.2 Å². The number of hydrogen-bond donors (Lipinski definition) is 1. The summed E-state index contributed by atoms with van der Waals surface area (Å²) in [6, 6.07) is 0. The highest BCUT2D eigenvalue weighted by Crippen LogP contribution is 2.21. The van der Waals surface area contributed by atoms with Gasteiger partial charge in [-0.25, -0.2) is 4.98 Å². The molecule has 150 valence electrons.